The molecule has 75 heavy (non-hydrogen) atoms. The third-order valence-electron chi connectivity index (χ3n) is 15.6. The van der Waals surface area contributed by atoms with E-state index < -0.39 is 12.1 Å². The number of unbranched alkanes of at least 4 members (excludes halogenated alkanes) is 48. The highest BCUT2D eigenvalue weighted by molar-refractivity contribution is 5.76. The molecule has 6 nitrogen and oxygen atoms in total. The van der Waals surface area contributed by atoms with Crippen molar-refractivity contribution in [3.05, 3.63) is 36.5 Å². The lowest BCUT2D eigenvalue weighted by atomic mass is 10.0. The molecule has 0 aliphatic rings. The van der Waals surface area contributed by atoms with E-state index in [1.807, 2.05) is 6.08 Å². The van der Waals surface area contributed by atoms with Crippen LogP contribution in [0.25, 0.3) is 0 Å². The molecule has 0 radical (unpaired) electrons. The first kappa shape index (κ1) is 73.1. The van der Waals surface area contributed by atoms with E-state index in [1.54, 1.807) is 6.08 Å². The SMILES string of the molecule is CCC/C=C\C/C=C\CCCCCCCC(=O)OCCCCCCCCCCCCCCCCCCCCCCCCCC(=O)NC(CO)C(O)/C=C/CCCCCCCCCCCCCCCCCCCCCC. The number of aliphatic hydroxyl groups excluding tert-OH is 2. The molecular weight excluding hydrogens is 923 g/mol. The molecule has 0 bridgehead atoms. The maximum absolute atomic E-state index is 12.5. The van der Waals surface area contributed by atoms with Gasteiger partial charge in [-0.3, -0.25) is 9.59 Å². The van der Waals surface area contributed by atoms with Gasteiger partial charge in [-0.2, -0.15) is 0 Å². The summed E-state index contributed by atoms with van der Waals surface area (Å²) in [5, 5.41) is 23.2. The molecule has 2 unspecified atom stereocenters. The Labute approximate surface area is 468 Å². The second-order valence-electron chi connectivity index (χ2n) is 23.2. The van der Waals surface area contributed by atoms with Crippen LogP contribution in [0, 0.1) is 0 Å². The quantitative estimate of drug-likeness (QED) is 0.0320. The third kappa shape index (κ3) is 61.2. The summed E-state index contributed by atoms with van der Waals surface area (Å²) in [5.74, 6) is -0.0653. The number of aliphatic hydroxyl groups is 2. The van der Waals surface area contributed by atoms with Crippen LogP contribution in [0.5, 0.6) is 0 Å². The smallest absolute Gasteiger partial charge is 0.305 e. The van der Waals surface area contributed by atoms with Crippen LogP contribution in [0.15, 0.2) is 36.5 Å². The Bertz CT molecular complexity index is 1210. The minimum atomic E-state index is -0.846. The molecule has 0 rings (SSSR count). The summed E-state index contributed by atoms with van der Waals surface area (Å²) < 4.78 is 5.47. The Hall–Kier alpha value is -1.92. The second kappa shape index (κ2) is 64.6. The molecule has 0 saturated heterocycles. The topological polar surface area (TPSA) is 95.9 Å². The average Bonchev–Trinajstić information content (AvgIpc) is 3.41. The highest BCUT2D eigenvalue weighted by Crippen LogP contribution is 2.18. The van der Waals surface area contributed by atoms with E-state index in [9.17, 15) is 19.8 Å². The molecule has 0 aromatic heterocycles. The van der Waals surface area contributed by atoms with E-state index in [0.29, 0.717) is 19.4 Å². The summed E-state index contributed by atoms with van der Waals surface area (Å²) in [7, 11) is 0. The zero-order valence-electron chi connectivity index (χ0n) is 50.5. The summed E-state index contributed by atoms with van der Waals surface area (Å²) in [4.78, 5) is 24.6. The average molecular weight is 1050 g/mol. The fourth-order valence-corrected chi connectivity index (χ4v) is 10.5. The molecule has 0 aliphatic carbocycles. The Kier molecular flexibility index (Phi) is 63.0. The second-order valence-corrected chi connectivity index (χ2v) is 23.2. The summed E-state index contributed by atoms with van der Waals surface area (Å²) in [6.45, 7) is 4.86. The van der Waals surface area contributed by atoms with Crippen molar-refractivity contribution in [1.29, 1.82) is 0 Å². The summed E-state index contributed by atoms with van der Waals surface area (Å²) in [6, 6.07) is -0.629. The van der Waals surface area contributed by atoms with Crippen molar-refractivity contribution in [3.8, 4) is 0 Å². The maximum Gasteiger partial charge on any atom is 0.305 e. The number of hydrogen-bond acceptors (Lipinski definition) is 5. The number of amides is 1. The molecule has 3 N–H and O–H groups in total. The summed E-state index contributed by atoms with van der Waals surface area (Å²) >= 11 is 0. The number of allylic oxidation sites excluding steroid dienone is 5. The number of nitrogens with one attached hydrogen (secondary N) is 1. The minimum Gasteiger partial charge on any atom is -0.466 e. The van der Waals surface area contributed by atoms with Gasteiger partial charge in [0.25, 0.3) is 0 Å². The van der Waals surface area contributed by atoms with Crippen molar-refractivity contribution in [2.24, 2.45) is 0 Å². The molecule has 0 saturated carbocycles. The van der Waals surface area contributed by atoms with Gasteiger partial charge in [0.1, 0.15) is 0 Å². The molecule has 0 aromatic carbocycles. The molecule has 0 aromatic rings. The fourth-order valence-electron chi connectivity index (χ4n) is 10.5. The van der Waals surface area contributed by atoms with Crippen LogP contribution in [0.4, 0.5) is 0 Å². The van der Waals surface area contributed by atoms with Gasteiger partial charge in [-0.25, -0.2) is 0 Å². The van der Waals surface area contributed by atoms with Crippen LogP contribution in [0.2, 0.25) is 0 Å². The number of ether oxygens (including phenoxy) is 1. The van der Waals surface area contributed by atoms with Gasteiger partial charge in [-0.15, -0.1) is 0 Å². The van der Waals surface area contributed by atoms with Crippen molar-refractivity contribution in [2.75, 3.05) is 13.2 Å². The van der Waals surface area contributed by atoms with Crippen molar-refractivity contribution < 1.29 is 24.5 Å². The van der Waals surface area contributed by atoms with E-state index in [4.69, 9.17) is 4.74 Å². The zero-order chi connectivity index (χ0) is 54.3. The van der Waals surface area contributed by atoms with E-state index in [-0.39, 0.29) is 18.5 Å². The number of carbonyl (C=O) groups excluding carboxylic acids is 2. The Balaban J connectivity index is 3.41. The molecular formula is C69H131NO5. The summed E-state index contributed by atoms with van der Waals surface area (Å²) in [5.41, 5.74) is 0. The molecule has 2 atom stereocenters. The van der Waals surface area contributed by atoms with Gasteiger partial charge < -0.3 is 20.3 Å². The fraction of sp³-hybridized carbons (Fsp3) is 0.884. The van der Waals surface area contributed by atoms with Gasteiger partial charge in [-0.1, -0.05) is 333 Å². The van der Waals surface area contributed by atoms with Crippen molar-refractivity contribution in [2.45, 2.75) is 379 Å². The molecule has 6 heteroatoms. The van der Waals surface area contributed by atoms with E-state index in [0.717, 1.165) is 51.4 Å². The number of esters is 1. The number of hydrogen-bond donors (Lipinski definition) is 3. The molecule has 0 heterocycles. The predicted molar refractivity (Wildman–Crippen MR) is 329 cm³/mol. The van der Waals surface area contributed by atoms with Crippen LogP contribution in [-0.2, 0) is 14.3 Å². The molecule has 442 valence electrons. The van der Waals surface area contributed by atoms with Gasteiger partial charge in [0.15, 0.2) is 0 Å². The standard InChI is InChI=1S/C69H131NO5/c1-3-5-7-9-11-13-15-17-18-19-20-21-25-28-31-34-38-41-45-49-53-57-61-67(72)66(65-71)70-68(73)62-58-54-50-46-42-39-35-32-29-26-23-22-24-27-30-33-36-40-44-48-52-56-60-64-75-69(74)63-59-55-51-47-43-37-16-14-12-10-8-6-4-2/h8,10,14,16,57,61,66-67,71-72H,3-7,9,11-13,15,17-56,58-60,62-65H2,1-2H3,(H,70,73)/b10-8-,16-14-,61-57+. The Morgan fingerprint density at radius 3 is 1.07 bits per heavy atom. The molecule has 0 fully saturated rings. The lowest BCUT2D eigenvalue weighted by Crippen LogP contribution is -2.45. The highest BCUT2D eigenvalue weighted by atomic mass is 16.5. The van der Waals surface area contributed by atoms with E-state index in [2.05, 4.69) is 43.5 Å². The Morgan fingerprint density at radius 1 is 0.373 bits per heavy atom. The predicted octanol–water partition coefficient (Wildman–Crippen LogP) is 21.5. The minimum absolute atomic E-state index is 0.00113. The molecule has 0 spiro atoms. The first-order chi connectivity index (χ1) is 37.0. The van der Waals surface area contributed by atoms with E-state index >= 15 is 0 Å². The van der Waals surface area contributed by atoms with Crippen LogP contribution in [-0.4, -0.2) is 47.4 Å². The van der Waals surface area contributed by atoms with Crippen molar-refractivity contribution in [3.63, 3.8) is 0 Å². The largest absolute Gasteiger partial charge is 0.466 e. The van der Waals surface area contributed by atoms with Crippen LogP contribution in [0.1, 0.15) is 367 Å². The zero-order valence-corrected chi connectivity index (χ0v) is 50.5. The van der Waals surface area contributed by atoms with Crippen molar-refractivity contribution >= 4 is 11.9 Å². The van der Waals surface area contributed by atoms with Crippen LogP contribution < -0.4 is 5.32 Å². The normalized spacial score (nSPS) is 12.7. The van der Waals surface area contributed by atoms with Gasteiger partial charge in [-0.05, 0) is 57.8 Å². The lowest BCUT2D eigenvalue weighted by Gasteiger charge is -2.20. The highest BCUT2D eigenvalue weighted by Gasteiger charge is 2.18. The molecule has 1 amide bonds. The van der Waals surface area contributed by atoms with Crippen molar-refractivity contribution in [1.82, 2.24) is 5.32 Å². The van der Waals surface area contributed by atoms with Gasteiger partial charge >= 0.3 is 5.97 Å². The first-order valence-electron chi connectivity index (χ1n) is 33.8. The third-order valence-corrected chi connectivity index (χ3v) is 15.6. The Morgan fingerprint density at radius 2 is 0.693 bits per heavy atom. The maximum atomic E-state index is 12.5. The van der Waals surface area contributed by atoms with Crippen LogP contribution >= 0.6 is 0 Å². The van der Waals surface area contributed by atoms with Gasteiger partial charge in [0, 0.05) is 12.8 Å². The number of carbonyl (C=O) groups is 2. The lowest BCUT2D eigenvalue weighted by molar-refractivity contribution is -0.143. The van der Waals surface area contributed by atoms with E-state index in [1.165, 1.54) is 289 Å². The molecule has 0 aliphatic heterocycles. The first-order valence-corrected chi connectivity index (χ1v) is 33.8. The van der Waals surface area contributed by atoms with Crippen LogP contribution in [0.3, 0.4) is 0 Å². The summed E-state index contributed by atoms with van der Waals surface area (Å²) in [6.07, 6.45) is 82.1. The van der Waals surface area contributed by atoms with Gasteiger partial charge in [0.2, 0.25) is 5.91 Å². The van der Waals surface area contributed by atoms with Gasteiger partial charge in [0.05, 0.1) is 25.4 Å². The monoisotopic (exact) mass is 1050 g/mol. The number of rotatable bonds is 63.